The van der Waals surface area contributed by atoms with Crippen LogP contribution in [0.25, 0.3) is 0 Å². The van der Waals surface area contributed by atoms with E-state index in [2.05, 4.69) is 12.2 Å². The van der Waals surface area contributed by atoms with Crippen molar-refractivity contribution < 1.29 is 22.9 Å². The molecule has 0 heterocycles. The van der Waals surface area contributed by atoms with E-state index in [9.17, 15) is 28.1 Å². The Morgan fingerprint density at radius 3 is 2.42 bits per heavy atom. The van der Waals surface area contributed by atoms with Crippen LogP contribution in [0.5, 0.6) is 0 Å². The summed E-state index contributed by atoms with van der Waals surface area (Å²) < 4.78 is 38.7. The zero-order chi connectivity index (χ0) is 24.0. The van der Waals surface area contributed by atoms with Crippen LogP contribution in [-0.4, -0.2) is 10.8 Å². The molecule has 0 aromatic heterocycles. The Morgan fingerprint density at radius 2 is 1.79 bits per heavy atom. The van der Waals surface area contributed by atoms with Gasteiger partial charge in [-0.25, -0.2) is 0 Å². The van der Waals surface area contributed by atoms with Crippen molar-refractivity contribution in [2.75, 3.05) is 5.32 Å². The van der Waals surface area contributed by atoms with Gasteiger partial charge in [0, 0.05) is 22.2 Å². The third-order valence-corrected chi connectivity index (χ3v) is 5.91. The molecule has 0 radical (unpaired) electrons. The van der Waals surface area contributed by atoms with E-state index in [4.69, 9.17) is 0 Å². The van der Waals surface area contributed by atoms with Crippen LogP contribution >= 0.6 is 11.8 Å². The number of anilines is 1. The standard InChI is InChI=1S/C24H21F3N2O3S/c1-2-3-5-16-8-11-20(12-9-16)33-22-13-10-19(15-21(22)29(31)32)28-23(30)17-6-4-7-18(14-17)24(25,26)27/h4,6-15H,2-3,5H2,1H3,(H,28,30). The molecule has 0 bridgehead atoms. The predicted octanol–water partition coefficient (Wildman–Crippen LogP) is 7.36. The number of unbranched alkanes of at least 4 members (excludes halogenated alkanes) is 1. The maximum Gasteiger partial charge on any atom is 0.416 e. The molecule has 0 aliphatic heterocycles. The molecule has 1 N–H and O–H groups in total. The Kier molecular flexibility index (Phi) is 7.75. The van der Waals surface area contributed by atoms with Crippen molar-refractivity contribution in [3.05, 3.63) is 93.5 Å². The second-order valence-corrected chi connectivity index (χ2v) is 8.44. The fourth-order valence-electron chi connectivity index (χ4n) is 3.10. The molecule has 0 atom stereocenters. The predicted molar refractivity (Wildman–Crippen MR) is 122 cm³/mol. The third-order valence-electron chi connectivity index (χ3n) is 4.84. The van der Waals surface area contributed by atoms with E-state index >= 15 is 0 Å². The summed E-state index contributed by atoms with van der Waals surface area (Å²) in [4.78, 5) is 24.7. The summed E-state index contributed by atoms with van der Waals surface area (Å²) in [6, 6.07) is 16.0. The smallest absolute Gasteiger partial charge is 0.322 e. The number of amides is 1. The summed E-state index contributed by atoms with van der Waals surface area (Å²) in [5, 5.41) is 14.0. The molecule has 3 rings (SSSR count). The summed E-state index contributed by atoms with van der Waals surface area (Å²) in [5.41, 5.74) is -0.0497. The highest BCUT2D eigenvalue weighted by molar-refractivity contribution is 7.99. The Morgan fingerprint density at radius 1 is 1.06 bits per heavy atom. The number of alkyl halides is 3. The minimum atomic E-state index is -4.58. The zero-order valence-corrected chi connectivity index (χ0v) is 18.5. The van der Waals surface area contributed by atoms with Gasteiger partial charge < -0.3 is 5.32 Å². The summed E-state index contributed by atoms with van der Waals surface area (Å²) in [6.07, 6.45) is -1.42. The van der Waals surface area contributed by atoms with Crippen LogP contribution < -0.4 is 5.32 Å². The first-order valence-electron chi connectivity index (χ1n) is 10.2. The molecule has 1 amide bonds. The molecule has 5 nitrogen and oxygen atoms in total. The lowest BCUT2D eigenvalue weighted by Gasteiger charge is -2.10. The minimum Gasteiger partial charge on any atom is -0.322 e. The molecule has 0 fully saturated rings. The molecule has 9 heteroatoms. The highest BCUT2D eigenvalue weighted by atomic mass is 32.2. The fourth-order valence-corrected chi connectivity index (χ4v) is 4.00. The normalized spacial score (nSPS) is 11.3. The van der Waals surface area contributed by atoms with Crippen LogP contribution in [0.3, 0.4) is 0 Å². The average Bonchev–Trinajstić information content (AvgIpc) is 2.79. The summed E-state index contributed by atoms with van der Waals surface area (Å²) in [7, 11) is 0. The van der Waals surface area contributed by atoms with Crippen molar-refractivity contribution in [1.29, 1.82) is 0 Å². The Bertz CT molecular complexity index is 1150. The fraction of sp³-hybridized carbons (Fsp3) is 0.208. The van der Waals surface area contributed by atoms with E-state index in [1.54, 1.807) is 0 Å². The second kappa shape index (κ2) is 10.5. The van der Waals surface area contributed by atoms with Gasteiger partial charge in [0.05, 0.1) is 15.4 Å². The number of carbonyl (C=O) groups is 1. The van der Waals surface area contributed by atoms with Crippen molar-refractivity contribution in [3.63, 3.8) is 0 Å². The van der Waals surface area contributed by atoms with E-state index in [1.807, 2.05) is 24.3 Å². The molecular weight excluding hydrogens is 453 g/mol. The number of halogens is 3. The van der Waals surface area contributed by atoms with Crippen LogP contribution in [0.2, 0.25) is 0 Å². The SMILES string of the molecule is CCCCc1ccc(Sc2ccc(NC(=O)c3cccc(C(F)(F)F)c3)cc2[N+](=O)[O-])cc1. The highest BCUT2D eigenvalue weighted by Gasteiger charge is 2.31. The second-order valence-electron chi connectivity index (χ2n) is 7.32. The summed E-state index contributed by atoms with van der Waals surface area (Å²) in [5.74, 6) is -0.793. The Labute approximate surface area is 193 Å². The number of hydrogen-bond acceptors (Lipinski definition) is 4. The van der Waals surface area contributed by atoms with Gasteiger partial charge in [-0.2, -0.15) is 13.2 Å². The van der Waals surface area contributed by atoms with Crippen molar-refractivity contribution in [3.8, 4) is 0 Å². The van der Waals surface area contributed by atoms with Crippen LogP contribution in [0.1, 0.15) is 41.3 Å². The molecule has 0 unspecified atom stereocenters. The number of carbonyl (C=O) groups excluding carboxylic acids is 1. The van der Waals surface area contributed by atoms with E-state index in [0.29, 0.717) is 4.90 Å². The minimum absolute atomic E-state index is 0.114. The lowest BCUT2D eigenvalue weighted by Crippen LogP contribution is -2.14. The molecular formula is C24H21F3N2O3S. The van der Waals surface area contributed by atoms with Gasteiger partial charge in [-0.15, -0.1) is 0 Å². The molecule has 0 saturated carbocycles. The molecule has 3 aromatic carbocycles. The van der Waals surface area contributed by atoms with E-state index < -0.39 is 22.6 Å². The van der Waals surface area contributed by atoms with Gasteiger partial charge in [0.1, 0.15) is 0 Å². The van der Waals surface area contributed by atoms with Gasteiger partial charge in [0.25, 0.3) is 11.6 Å². The number of nitrogens with one attached hydrogen (secondary N) is 1. The number of hydrogen-bond donors (Lipinski definition) is 1. The number of benzene rings is 3. The van der Waals surface area contributed by atoms with Gasteiger partial charge in [-0.1, -0.05) is 43.3 Å². The molecule has 172 valence electrons. The van der Waals surface area contributed by atoms with Crippen LogP contribution in [-0.2, 0) is 12.6 Å². The summed E-state index contributed by atoms with van der Waals surface area (Å²) >= 11 is 1.22. The number of nitro benzene ring substituents is 1. The van der Waals surface area contributed by atoms with Crippen molar-refractivity contribution >= 4 is 29.0 Å². The molecule has 0 spiro atoms. The van der Waals surface area contributed by atoms with Crippen molar-refractivity contribution in [2.24, 2.45) is 0 Å². The zero-order valence-electron chi connectivity index (χ0n) is 17.7. The molecule has 0 aliphatic rings. The first-order valence-corrected chi connectivity index (χ1v) is 11.0. The quantitative estimate of drug-likeness (QED) is 0.273. The number of rotatable bonds is 8. The number of nitrogens with zero attached hydrogens (tertiary/aromatic N) is 1. The van der Waals surface area contributed by atoms with Crippen LogP contribution in [0, 0.1) is 10.1 Å². The van der Waals surface area contributed by atoms with Gasteiger partial charge in [0.2, 0.25) is 0 Å². The Hall–Kier alpha value is -3.33. The van der Waals surface area contributed by atoms with Gasteiger partial charge in [-0.3, -0.25) is 14.9 Å². The Balaban J connectivity index is 1.77. The number of nitro groups is 1. The lowest BCUT2D eigenvalue weighted by molar-refractivity contribution is -0.387. The van der Waals surface area contributed by atoms with Gasteiger partial charge >= 0.3 is 6.18 Å². The van der Waals surface area contributed by atoms with Gasteiger partial charge in [-0.05, 0) is 60.9 Å². The van der Waals surface area contributed by atoms with E-state index in [1.165, 1.54) is 41.6 Å². The molecule has 3 aromatic rings. The monoisotopic (exact) mass is 474 g/mol. The van der Waals surface area contributed by atoms with E-state index in [0.717, 1.165) is 42.4 Å². The maximum absolute atomic E-state index is 12.9. The summed E-state index contributed by atoms with van der Waals surface area (Å²) in [6.45, 7) is 2.12. The van der Waals surface area contributed by atoms with Crippen molar-refractivity contribution in [2.45, 2.75) is 42.2 Å². The third kappa shape index (κ3) is 6.58. The average molecular weight is 475 g/mol. The first-order chi connectivity index (χ1) is 15.7. The molecule has 33 heavy (non-hydrogen) atoms. The van der Waals surface area contributed by atoms with Gasteiger partial charge in [0.15, 0.2) is 0 Å². The molecule has 0 aliphatic carbocycles. The maximum atomic E-state index is 12.9. The van der Waals surface area contributed by atoms with Crippen molar-refractivity contribution in [1.82, 2.24) is 0 Å². The molecule has 0 saturated heterocycles. The largest absolute Gasteiger partial charge is 0.416 e. The lowest BCUT2D eigenvalue weighted by atomic mass is 10.1. The topological polar surface area (TPSA) is 72.2 Å². The van der Waals surface area contributed by atoms with Crippen LogP contribution in [0.15, 0.2) is 76.5 Å². The number of aryl methyl sites for hydroxylation is 1. The highest BCUT2D eigenvalue weighted by Crippen LogP contribution is 2.37. The first kappa shape index (κ1) is 24.3. The van der Waals surface area contributed by atoms with E-state index in [-0.39, 0.29) is 16.9 Å². The van der Waals surface area contributed by atoms with Crippen LogP contribution in [0.4, 0.5) is 24.5 Å².